The summed E-state index contributed by atoms with van der Waals surface area (Å²) in [6.07, 6.45) is 0. The highest BCUT2D eigenvalue weighted by atomic mass is 32.1. The maximum Gasteiger partial charge on any atom is 0.222 e. The van der Waals surface area contributed by atoms with Crippen molar-refractivity contribution in [3.05, 3.63) is 23.3 Å². The summed E-state index contributed by atoms with van der Waals surface area (Å²) in [5.41, 5.74) is 11.3. The van der Waals surface area contributed by atoms with Crippen LogP contribution < -0.4 is 16.8 Å². The molecule has 0 aliphatic heterocycles. The zero-order chi connectivity index (χ0) is 15.4. The molecular weight excluding hydrogens is 290 g/mol. The second-order valence-corrected chi connectivity index (χ2v) is 5.53. The fraction of sp³-hybridized carbons (Fsp3) is 0.308. The number of furan rings is 1. The Labute approximate surface area is 126 Å². The van der Waals surface area contributed by atoms with Crippen molar-refractivity contribution in [2.45, 2.75) is 20.4 Å². The number of hydrogen-bond acceptors (Lipinski definition) is 5. The van der Waals surface area contributed by atoms with Gasteiger partial charge in [0.1, 0.15) is 11.5 Å². The number of nitrogens with zero attached hydrogens (tertiary/aromatic N) is 2. The van der Waals surface area contributed by atoms with Gasteiger partial charge in [-0.1, -0.05) is 13.8 Å². The van der Waals surface area contributed by atoms with Crippen molar-refractivity contribution in [2.75, 3.05) is 0 Å². The van der Waals surface area contributed by atoms with Crippen LogP contribution in [0.2, 0.25) is 0 Å². The zero-order valence-electron chi connectivity index (χ0n) is 11.8. The van der Waals surface area contributed by atoms with Crippen molar-refractivity contribution in [3.8, 4) is 11.5 Å². The normalized spacial score (nSPS) is 10.6. The number of nitrogens with one attached hydrogen (secondary N) is 1. The lowest BCUT2D eigenvalue weighted by molar-refractivity contribution is -0.124. The summed E-state index contributed by atoms with van der Waals surface area (Å²) < 4.78 is 5.64. The number of carbonyl (C=O) groups is 1. The second-order valence-electron chi connectivity index (χ2n) is 4.69. The van der Waals surface area contributed by atoms with E-state index < -0.39 is 0 Å². The average Bonchev–Trinajstić information content (AvgIpc) is 3.03. The smallest absolute Gasteiger partial charge is 0.222 e. The predicted molar refractivity (Wildman–Crippen MR) is 82.0 cm³/mol. The van der Waals surface area contributed by atoms with Gasteiger partial charge in [0.15, 0.2) is 11.7 Å². The largest absolute Gasteiger partial charge is 0.458 e. The van der Waals surface area contributed by atoms with Crippen LogP contribution in [-0.2, 0) is 11.3 Å². The SMILES string of the molecule is CC(C)C(=O)NCc1ccc(-c2csc(N=C(N)N)n2)o1. The lowest BCUT2D eigenvalue weighted by Crippen LogP contribution is -2.26. The van der Waals surface area contributed by atoms with Gasteiger partial charge >= 0.3 is 0 Å². The van der Waals surface area contributed by atoms with Crippen LogP contribution >= 0.6 is 11.3 Å². The van der Waals surface area contributed by atoms with Crippen molar-refractivity contribution in [3.63, 3.8) is 0 Å². The standard InChI is InChI=1S/C13H17N5O2S/c1-7(2)11(19)16-5-8-3-4-10(20-8)9-6-21-13(17-9)18-12(14)15/h3-4,6-7H,5H2,1-2H3,(H,16,19)(H4,14,15,17,18). The third kappa shape index (κ3) is 4.06. The highest BCUT2D eigenvalue weighted by molar-refractivity contribution is 7.13. The molecule has 0 unspecified atom stereocenters. The quantitative estimate of drug-likeness (QED) is 0.572. The van der Waals surface area contributed by atoms with Gasteiger partial charge in [-0.3, -0.25) is 4.79 Å². The first-order chi connectivity index (χ1) is 9.95. The van der Waals surface area contributed by atoms with Crippen LogP contribution in [0, 0.1) is 5.92 Å². The molecule has 8 heteroatoms. The molecule has 0 saturated heterocycles. The molecule has 0 atom stereocenters. The molecular formula is C13H17N5O2S. The van der Waals surface area contributed by atoms with Gasteiger partial charge in [-0.2, -0.15) is 4.99 Å². The van der Waals surface area contributed by atoms with Gasteiger partial charge in [0.05, 0.1) is 6.54 Å². The van der Waals surface area contributed by atoms with Crippen LogP contribution in [0.5, 0.6) is 0 Å². The van der Waals surface area contributed by atoms with Gasteiger partial charge < -0.3 is 21.2 Å². The monoisotopic (exact) mass is 307 g/mol. The first-order valence-corrected chi connectivity index (χ1v) is 7.25. The number of aliphatic imine (C=N–C) groups is 1. The highest BCUT2D eigenvalue weighted by Crippen LogP contribution is 2.27. The molecule has 1 amide bonds. The van der Waals surface area contributed by atoms with Crippen LogP contribution in [0.1, 0.15) is 19.6 Å². The molecule has 2 rings (SSSR count). The number of nitrogens with two attached hydrogens (primary N) is 2. The Balaban J connectivity index is 2.04. The van der Waals surface area contributed by atoms with E-state index in [1.165, 1.54) is 11.3 Å². The Morgan fingerprint density at radius 1 is 1.48 bits per heavy atom. The lowest BCUT2D eigenvalue weighted by atomic mass is 10.2. The van der Waals surface area contributed by atoms with Crippen molar-refractivity contribution >= 4 is 28.3 Å². The summed E-state index contributed by atoms with van der Waals surface area (Å²) >= 11 is 1.32. The van der Waals surface area contributed by atoms with Crippen LogP contribution in [0.3, 0.4) is 0 Å². The topological polar surface area (TPSA) is 120 Å². The molecule has 0 radical (unpaired) electrons. The maximum atomic E-state index is 11.5. The van der Waals surface area contributed by atoms with Crippen molar-refractivity contribution < 1.29 is 9.21 Å². The number of rotatable bonds is 5. The summed E-state index contributed by atoms with van der Waals surface area (Å²) in [6, 6.07) is 3.60. The summed E-state index contributed by atoms with van der Waals surface area (Å²) in [5.74, 6) is 1.16. The van der Waals surface area contributed by atoms with E-state index in [0.29, 0.717) is 28.9 Å². The number of amides is 1. The molecule has 21 heavy (non-hydrogen) atoms. The molecule has 2 heterocycles. The number of guanidine groups is 1. The minimum absolute atomic E-state index is 0.0170. The summed E-state index contributed by atoms with van der Waals surface area (Å²) in [6.45, 7) is 4.02. The molecule has 2 aromatic rings. The molecule has 5 N–H and O–H groups in total. The first-order valence-electron chi connectivity index (χ1n) is 6.37. The second kappa shape index (κ2) is 6.40. The van der Waals surface area contributed by atoms with Gasteiger partial charge in [-0.05, 0) is 12.1 Å². The van der Waals surface area contributed by atoms with E-state index in [1.807, 2.05) is 13.8 Å². The highest BCUT2D eigenvalue weighted by Gasteiger charge is 2.11. The van der Waals surface area contributed by atoms with Crippen LogP contribution in [0.4, 0.5) is 5.13 Å². The Hall–Kier alpha value is -2.35. The number of hydrogen-bond donors (Lipinski definition) is 3. The van der Waals surface area contributed by atoms with Gasteiger partial charge in [0.25, 0.3) is 0 Å². The van der Waals surface area contributed by atoms with E-state index in [0.717, 1.165) is 0 Å². The average molecular weight is 307 g/mol. The summed E-state index contributed by atoms with van der Waals surface area (Å²) in [4.78, 5) is 19.6. The fourth-order valence-corrected chi connectivity index (χ4v) is 2.22. The summed E-state index contributed by atoms with van der Waals surface area (Å²) in [7, 11) is 0. The number of aromatic nitrogens is 1. The Morgan fingerprint density at radius 3 is 2.90 bits per heavy atom. The molecule has 0 fully saturated rings. The maximum absolute atomic E-state index is 11.5. The van der Waals surface area contributed by atoms with E-state index in [-0.39, 0.29) is 17.8 Å². The van der Waals surface area contributed by atoms with Gasteiger partial charge in [-0.25, -0.2) is 4.98 Å². The Morgan fingerprint density at radius 2 is 2.24 bits per heavy atom. The third-order valence-corrected chi connectivity index (χ3v) is 3.33. The minimum Gasteiger partial charge on any atom is -0.458 e. The molecule has 7 nitrogen and oxygen atoms in total. The Kier molecular flexibility index (Phi) is 4.59. The van der Waals surface area contributed by atoms with E-state index in [2.05, 4.69) is 15.3 Å². The van der Waals surface area contributed by atoms with E-state index in [1.54, 1.807) is 17.5 Å². The third-order valence-electron chi connectivity index (χ3n) is 2.59. The van der Waals surface area contributed by atoms with Crippen LogP contribution in [0.25, 0.3) is 11.5 Å². The molecule has 0 aromatic carbocycles. The zero-order valence-corrected chi connectivity index (χ0v) is 12.6. The van der Waals surface area contributed by atoms with E-state index in [4.69, 9.17) is 15.9 Å². The predicted octanol–water partition coefficient (Wildman–Crippen LogP) is 1.58. The van der Waals surface area contributed by atoms with Crippen LogP contribution in [0.15, 0.2) is 26.9 Å². The number of thiazole rings is 1. The molecule has 0 aliphatic carbocycles. The molecule has 112 valence electrons. The van der Waals surface area contributed by atoms with Gasteiger partial charge in [0.2, 0.25) is 11.0 Å². The van der Waals surface area contributed by atoms with Crippen molar-refractivity contribution in [2.24, 2.45) is 22.4 Å². The van der Waals surface area contributed by atoms with Crippen molar-refractivity contribution in [1.29, 1.82) is 0 Å². The van der Waals surface area contributed by atoms with E-state index in [9.17, 15) is 4.79 Å². The fourth-order valence-electron chi connectivity index (χ4n) is 1.53. The van der Waals surface area contributed by atoms with Crippen LogP contribution in [-0.4, -0.2) is 16.9 Å². The van der Waals surface area contributed by atoms with Gasteiger partial charge in [0, 0.05) is 11.3 Å². The van der Waals surface area contributed by atoms with Crippen molar-refractivity contribution in [1.82, 2.24) is 10.3 Å². The lowest BCUT2D eigenvalue weighted by Gasteiger charge is -2.05. The number of carbonyl (C=O) groups excluding carboxylic acids is 1. The first kappa shape index (κ1) is 15.0. The summed E-state index contributed by atoms with van der Waals surface area (Å²) in [5, 5.41) is 5.06. The Bertz CT molecular complexity index is 655. The molecule has 2 aromatic heterocycles. The molecule has 0 aliphatic rings. The van der Waals surface area contributed by atoms with Gasteiger partial charge in [-0.15, -0.1) is 11.3 Å². The molecule has 0 bridgehead atoms. The minimum atomic E-state index is -0.0554. The molecule has 0 spiro atoms. The molecule has 0 saturated carbocycles. The van der Waals surface area contributed by atoms with E-state index >= 15 is 0 Å².